The Bertz CT molecular complexity index is 1240. The summed E-state index contributed by atoms with van der Waals surface area (Å²) in [5, 5.41) is 0. The van der Waals surface area contributed by atoms with Crippen LogP contribution in [0.15, 0.2) is 0 Å². The van der Waals surface area contributed by atoms with Crippen molar-refractivity contribution in [2.24, 2.45) is 34.5 Å². The number of likely N-dealkylation sites (N-methyl/N-ethyl adjacent to an activating group) is 2. The van der Waals surface area contributed by atoms with Crippen molar-refractivity contribution in [2.75, 3.05) is 79.8 Å². The highest BCUT2D eigenvalue weighted by Gasteiger charge is 2.68. The standard InChI is InChI=1S/C36H54N2O6.2HI/c1-7-35(43-31(39)24-37(5)15-19-41-20-16-37)23-27-9-10-28-29(33(27,3)26-35)11-13-34(4)30(28)12-14-36(34,8-2)44-32(40)25-38(6)17-21-42-22-18-38;;/h1-2,27-30H,9-26H2,3-6H3;2*1H/q+2;;/p-2/t27?,28?,29-,30-,33-,34-,35+,36-;;/m0../s1. The van der Waals surface area contributed by atoms with Gasteiger partial charge in [0, 0.05) is 18.3 Å². The smallest absolute Gasteiger partial charge is 0.363 e. The van der Waals surface area contributed by atoms with Crippen molar-refractivity contribution in [3.8, 4) is 24.7 Å². The molecule has 8 nitrogen and oxygen atoms in total. The van der Waals surface area contributed by atoms with Crippen LogP contribution in [-0.2, 0) is 28.5 Å². The highest BCUT2D eigenvalue weighted by molar-refractivity contribution is 5.72. The van der Waals surface area contributed by atoms with Crippen molar-refractivity contribution in [3.63, 3.8) is 0 Å². The molecular formula is C36H54I2N2O6. The topological polar surface area (TPSA) is 71.1 Å². The van der Waals surface area contributed by atoms with E-state index in [1.807, 2.05) is 0 Å². The molecule has 0 amide bonds. The van der Waals surface area contributed by atoms with Crippen LogP contribution in [0.2, 0.25) is 0 Å². The van der Waals surface area contributed by atoms with E-state index in [9.17, 15) is 9.59 Å². The minimum atomic E-state index is -0.866. The summed E-state index contributed by atoms with van der Waals surface area (Å²) in [5.74, 6) is 7.50. The van der Waals surface area contributed by atoms with Crippen LogP contribution in [0, 0.1) is 59.2 Å². The molecule has 46 heavy (non-hydrogen) atoms. The molecule has 6 fully saturated rings. The first-order chi connectivity index (χ1) is 20.8. The van der Waals surface area contributed by atoms with Gasteiger partial charge in [0.1, 0.15) is 26.2 Å². The number of quaternary nitrogens is 2. The Morgan fingerprint density at radius 2 is 1.33 bits per heavy atom. The normalized spacial score (nSPS) is 41.9. The van der Waals surface area contributed by atoms with Crippen molar-refractivity contribution in [3.05, 3.63) is 0 Å². The second-order valence-corrected chi connectivity index (χ2v) is 16.3. The average molecular weight is 865 g/mol. The maximum atomic E-state index is 13.4. The summed E-state index contributed by atoms with van der Waals surface area (Å²) >= 11 is 0. The first-order valence-corrected chi connectivity index (χ1v) is 17.0. The van der Waals surface area contributed by atoms with Crippen molar-refractivity contribution in [1.29, 1.82) is 0 Å². The Morgan fingerprint density at radius 1 is 0.783 bits per heavy atom. The third kappa shape index (κ3) is 6.63. The molecule has 0 aromatic rings. The van der Waals surface area contributed by atoms with E-state index in [-0.39, 0.29) is 70.7 Å². The molecule has 10 heteroatoms. The van der Waals surface area contributed by atoms with E-state index in [0.717, 1.165) is 77.5 Å². The molecule has 2 saturated heterocycles. The van der Waals surface area contributed by atoms with E-state index >= 15 is 0 Å². The quantitative estimate of drug-likeness (QED) is 0.127. The number of hydrogen-bond acceptors (Lipinski definition) is 6. The molecule has 0 aromatic heterocycles. The SMILES string of the molecule is C#C[C@@]1(OC(=O)C[N+]2(C)CCOCC2)CC2CCC3[C@H](CC[C@@]4(C)[C@H]3CC[C@]4(C#C)OC(=O)C[N+]3(C)CCOCC3)[C@@]2(C)C1.[I-].[I-]. The summed E-state index contributed by atoms with van der Waals surface area (Å²) in [6.07, 6.45) is 19.8. The van der Waals surface area contributed by atoms with Crippen molar-refractivity contribution < 1.29 is 85.5 Å². The first kappa shape index (κ1) is 38.2. The van der Waals surface area contributed by atoms with Crippen LogP contribution in [0.5, 0.6) is 0 Å². The van der Waals surface area contributed by atoms with Gasteiger partial charge in [-0.15, -0.1) is 12.8 Å². The second-order valence-electron chi connectivity index (χ2n) is 16.3. The number of nitrogens with zero attached hydrogens (tertiary/aromatic N) is 2. The predicted octanol–water partition coefficient (Wildman–Crippen LogP) is -2.57. The highest BCUT2D eigenvalue weighted by atomic mass is 127. The fourth-order valence-electron chi connectivity index (χ4n) is 10.9. The summed E-state index contributed by atoms with van der Waals surface area (Å²) in [6.45, 7) is 11.3. The van der Waals surface area contributed by atoms with Gasteiger partial charge in [0.05, 0.1) is 40.5 Å². The van der Waals surface area contributed by atoms with Crippen LogP contribution in [0.4, 0.5) is 0 Å². The maximum absolute atomic E-state index is 13.4. The maximum Gasteiger partial charge on any atom is 0.363 e. The number of carbonyl (C=O) groups is 2. The largest absolute Gasteiger partial charge is 1.00 e. The molecular weight excluding hydrogens is 810 g/mol. The fraction of sp³-hybridized carbons (Fsp3) is 0.833. The predicted molar refractivity (Wildman–Crippen MR) is 166 cm³/mol. The van der Waals surface area contributed by atoms with Gasteiger partial charge in [-0.1, -0.05) is 25.7 Å². The Morgan fingerprint density at radius 3 is 1.87 bits per heavy atom. The molecule has 0 bridgehead atoms. The molecule has 0 spiro atoms. The molecule has 4 aliphatic carbocycles. The summed E-state index contributed by atoms with van der Waals surface area (Å²) < 4.78 is 25.0. The third-order valence-corrected chi connectivity index (χ3v) is 13.6. The van der Waals surface area contributed by atoms with Crippen LogP contribution in [0.3, 0.4) is 0 Å². The van der Waals surface area contributed by atoms with Crippen LogP contribution in [-0.4, -0.2) is 112 Å². The van der Waals surface area contributed by atoms with E-state index in [2.05, 4.69) is 39.8 Å². The average Bonchev–Trinajstić information content (AvgIpc) is 3.44. The van der Waals surface area contributed by atoms with Gasteiger partial charge in [-0.05, 0) is 67.6 Å². The van der Waals surface area contributed by atoms with Crippen molar-refractivity contribution in [1.82, 2.24) is 0 Å². The molecule has 258 valence electrons. The minimum Gasteiger partial charge on any atom is -1.00 e. The second kappa shape index (κ2) is 13.9. The molecule has 6 aliphatic rings. The molecule has 6 rings (SSSR count). The lowest BCUT2D eigenvalue weighted by Gasteiger charge is -2.58. The van der Waals surface area contributed by atoms with E-state index in [1.54, 1.807) is 0 Å². The van der Waals surface area contributed by atoms with Crippen molar-refractivity contribution >= 4 is 11.9 Å². The minimum absolute atomic E-state index is 0. The third-order valence-electron chi connectivity index (χ3n) is 13.6. The van der Waals surface area contributed by atoms with Gasteiger partial charge in [-0.2, -0.15) is 0 Å². The van der Waals surface area contributed by atoms with Crippen molar-refractivity contribution in [2.45, 2.75) is 76.4 Å². The lowest BCUT2D eigenvalue weighted by Crippen LogP contribution is -3.00. The monoisotopic (exact) mass is 864 g/mol. The Kier molecular flexibility index (Phi) is 11.6. The molecule has 2 unspecified atom stereocenters. The molecule has 2 aliphatic heterocycles. The number of halogens is 2. The zero-order valence-electron chi connectivity index (χ0n) is 28.3. The molecule has 0 radical (unpaired) electrons. The van der Waals surface area contributed by atoms with Gasteiger partial charge in [-0.25, -0.2) is 9.59 Å². The van der Waals surface area contributed by atoms with Gasteiger partial charge in [0.25, 0.3) is 0 Å². The van der Waals surface area contributed by atoms with Crippen LogP contribution < -0.4 is 48.0 Å². The zero-order chi connectivity index (χ0) is 31.4. The molecule has 2 heterocycles. The van der Waals surface area contributed by atoms with E-state index in [0.29, 0.717) is 72.2 Å². The van der Waals surface area contributed by atoms with Gasteiger partial charge < -0.3 is 75.9 Å². The number of rotatable bonds is 6. The Hall–Kier alpha value is -0.640. The van der Waals surface area contributed by atoms with E-state index in [4.69, 9.17) is 31.8 Å². The number of carbonyl (C=O) groups excluding carboxylic acids is 2. The molecule has 0 aromatic carbocycles. The first-order valence-electron chi connectivity index (χ1n) is 17.0. The number of morpholine rings is 2. The number of terminal acetylenes is 2. The van der Waals surface area contributed by atoms with Gasteiger partial charge in [-0.3, -0.25) is 0 Å². The lowest BCUT2D eigenvalue weighted by atomic mass is 9.47. The zero-order valence-corrected chi connectivity index (χ0v) is 32.6. The van der Waals surface area contributed by atoms with E-state index < -0.39 is 11.2 Å². The van der Waals surface area contributed by atoms with Crippen LogP contribution in [0.1, 0.15) is 65.2 Å². The summed E-state index contributed by atoms with van der Waals surface area (Å²) in [7, 11) is 4.21. The summed E-state index contributed by atoms with van der Waals surface area (Å²) in [4.78, 5) is 26.8. The van der Waals surface area contributed by atoms with Gasteiger partial charge in [0.2, 0.25) is 0 Å². The van der Waals surface area contributed by atoms with Crippen LogP contribution in [0.25, 0.3) is 0 Å². The fourth-order valence-corrected chi connectivity index (χ4v) is 10.9. The number of esters is 2. The Labute approximate surface area is 310 Å². The van der Waals surface area contributed by atoms with E-state index in [1.165, 1.54) is 0 Å². The van der Waals surface area contributed by atoms with Gasteiger partial charge in [0.15, 0.2) is 24.3 Å². The van der Waals surface area contributed by atoms with Crippen LogP contribution >= 0.6 is 0 Å². The highest BCUT2D eigenvalue weighted by Crippen LogP contribution is 2.70. The number of hydrogen-bond donors (Lipinski definition) is 0. The summed E-state index contributed by atoms with van der Waals surface area (Å²) in [5.41, 5.74) is -1.96. The molecule has 0 N–H and O–H groups in total. The molecule has 4 saturated carbocycles. The lowest BCUT2D eigenvalue weighted by molar-refractivity contribution is -0.910. The summed E-state index contributed by atoms with van der Waals surface area (Å²) in [6, 6.07) is 0. The number of ether oxygens (including phenoxy) is 4. The Balaban J connectivity index is 0.00000240. The van der Waals surface area contributed by atoms with Gasteiger partial charge >= 0.3 is 11.9 Å². The molecule has 8 atom stereocenters. The number of fused-ring (bicyclic) bond motifs is 5.